The van der Waals surface area contributed by atoms with Gasteiger partial charge in [0.15, 0.2) is 35.6 Å². The molecule has 29 heavy (non-hydrogen) atoms. The number of methoxy groups -OCH3 is 3. The van der Waals surface area contributed by atoms with Crippen LogP contribution in [0.15, 0.2) is 24.3 Å². The molecular weight excluding hydrogens is 423 g/mol. The van der Waals surface area contributed by atoms with Crippen LogP contribution in [-0.4, -0.2) is 52.2 Å². The van der Waals surface area contributed by atoms with E-state index in [0.717, 1.165) is 6.42 Å². The third-order valence-corrected chi connectivity index (χ3v) is 4.24. The lowest BCUT2D eigenvalue weighted by Crippen LogP contribution is -2.03. The van der Waals surface area contributed by atoms with Crippen molar-refractivity contribution in [1.82, 2.24) is 0 Å². The second kappa shape index (κ2) is 12.9. The molecule has 2 aromatic rings. The van der Waals surface area contributed by atoms with Crippen LogP contribution in [0.5, 0.6) is 23.0 Å². The molecule has 0 aliphatic rings. The molecule has 2 rings (SSSR count). The van der Waals surface area contributed by atoms with Crippen LogP contribution in [0, 0.1) is 0 Å². The zero-order valence-corrected chi connectivity index (χ0v) is 17.7. The summed E-state index contributed by atoms with van der Waals surface area (Å²) in [6, 6.07) is 5.78. The minimum Gasteiger partial charge on any atom is -0.504 e. The van der Waals surface area contributed by atoms with E-state index in [-0.39, 0.29) is 22.1 Å². The average Bonchev–Trinajstić information content (AvgIpc) is 2.73. The minimum atomic E-state index is -0.0935. The molecule has 2 aromatic carbocycles. The van der Waals surface area contributed by atoms with E-state index in [1.54, 1.807) is 19.2 Å². The summed E-state index contributed by atoms with van der Waals surface area (Å²) in [7, 11) is 4.56. The van der Waals surface area contributed by atoms with Crippen LogP contribution in [0.3, 0.4) is 0 Å². The molecule has 0 saturated carbocycles. The highest BCUT2D eigenvalue weighted by Crippen LogP contribution is 2.33. The van der Waals surface area contributed by atoms with E-state index in [2.05, 4.69) is 0 Å². The molecule has 0 aliphatic carbocycles. The van der Waals surface area contributed by atoms with Crippen molar-refractivity contribution >= 4 is 35.8 Å². The summed E-state index contributed by atoms with van der Waals surface area (Å²) < 4.78 is 20.3. The Hall–Kier alpha value is -2.48. The zero-order valence-electron chi connectivity index (χ0n) is 16.2. The molecule has 0 bridgehead atoms. The fourth-order valence-electron chi connectivity index (χ4n) is 2.11. The van der Waals surface area contributed by atoms with E-state index < -0.39 is 0 Å². The molecule has 0 heterocycles. The van der Waals surface area contributed by atoms with Gasteiger partial charge in [-0.25, -0.2) is 0 Å². The van der Waals surface area contributed by atoms with Crippen molar-refractivity contribution in [2.45, 2.75) is 6.42 Å². The van der Waals surface area contributed by atoms with Gasteiger partial charge in [0.25, 0.3) is 0 Å². The maximum absolute atomic E-state index is 10.8. The molecule has 0 aromatic heterocycles. The van der Waals surface area contributed by atoms with Gasteiger partial charge in [-0.3, -0.25) is 9.59 Å². The summed E-state index contributed by atoms with van der Waals surface area (Å²) in [5.41, 5.74) is 0.629. The summed E-state index contributed by atoms with van der Waals surface area (Å²) in [6.07, 6.45) is 2.02. The van der Waals surface area contributed by atoms with Gasteiger partial charge in [-0.2, -0.15) is 0 Å². The van der Waals surface area contributed by atoms with Crippen molar-refractivity contribution in [2.75, 3.05) is 34.5 Å². The highest BCUT2D eigenvalue weighted by Gasteiger charge is 2.10. The van der Waals surface area contributed by atoms with Crippen molar-refractivity contribution in [3.63, 3.8) is 0 Å². The average molecular weight is 445 g/mol. The van der Waals surface area contributed by atoms with Crippen LogP contribution in [0.1, 0.15) is 27.1 Å². The van der Waals surface area contributed by atoms with Crippen molar-refractivity contribution < 1.29 is 33.6 Å². The number of carbonyl (C=O) groups excluding carboxylic acids is 2. The molecule has 0 amide bonds. The fraction of sp³-hybridized carbons (Fsp3) is 0.300. The van der Waals surface area contributed by atoms with Crippen molar-refractivity contribution in [2.24, 2.45) is 0 Å². The van der Waals surface area contributed by atoms with Gasteiger partial charge in [-0.05, 0) is 12.1 Å². The number of hydrogen-bond acceptors (Lipinski definition) is 7. The number of aromatic hydroxyl groups is 1. The highest BCUT2D eigenvalue weighted by molar-refractivity contribution is 6.33. The lowest BCUT2D eigenvalue weighted by Gasteiger charge is -2.11. The Morgan fingerprint density at radius 2 is 1.38 bits per heavy atom. The maximum atomic E-state index is 10.8. The quantitative estimate of drug-likeness (QED) is 0.451. The Labute approximate surface area is 179 Å². The topological polar surface area (TPSA) is 91.3 Å². The second-order valence-corrected chi connectivity index (χ2v) is 6.32. The Kier molecular flexibility index (Phi) is 10.9. The molecule has 0 radical (unpaired) electrons. The predicted molar refractivity (Wildman–Crippen MR) is 110 cm³/mol. The smallest absolute Gasteiger partial charge is 0.162 e. The van der Waals surface area contributed by atoms with Gasteiger partial charge >= 0.3 is 0 Å². The van der Waals surface area contributed by atoms with Crippen LogP contribution in [0.25, 0.3) is 0 Å². The van der Waals surface area contributed by atoms with E-state index in [1.807, 2.05) is 0 Å². The molecule has 0 atom stereocenters. The standard InChI is InChI=1S/C12H15ClO4.C8H7ClO3/c1-15-4-3-5-17-12-6-9(8-14)10(13)7-11(12)16-2;1-12-8-3-6(9)5(4-10)2-7(8)11/h6-8H,3-5H2,1-2H3;2-4,11H,1H3. The molecule has 7 nitrogen and oxygen atoms in total. The zero-order chi connectivity index (χ0) is 21.8. The van der Waals surface area contributed by atoms with Crippen molar-refractivity contribution in [1.29, 1.82) is 0 Å². The third-order valence-electron chi connectivity index (χ3n) is 3.59. The third kappa shape index (κ3) is 7.45. The molecular formula is C20H22Cl2O7. The van der Waals surface area contributed by atoms with Crippen LogP contribution in [0.4, 0.5) is 0 Å². The first-order valence-corrected chi connectivity index (χ1v) is 9.13. The first kappa shape index (κ1) is 24.6. The minimum absolute atomic E-state index is 0.0935. The maximum Gasteiger partial charge on any atom is 0.162 e. The van der Waals surface area contributed by atoms with E-state index >= 15 is 0 Å². The Morgan fingerprint density at radius 3 is 1.90 bits per heavy atom. The predicted octanol–water partition coefficient (Wildman–Crippen LogP) is 4.44. The number of rotatable bonds is 9. The lowest BCUT2D eigenvalue weighted by atomic mass is 10.2. The highest BCUT2D eigenvalue weighted by atomic mass is 35.5. The van der Waals surface area contributed by atoms with Gasteiger partial charge < -0.3 is 24.1 Å². The van der Waals surface area contributed by atoms with Gasteiger partial charge in [0.1, 0.15) is 0 Å². The molecule has 1 N–H and O–H groups in total. The number of benzene rings is 2. The number of phenolic OH excluding ortho intramolecular Hbond substituents is 1. The van der Waals surface area contributed by atoms with Gasteiger partial charge in [-0.15, -0.1) is 0 Å². The lowest BCUT2D eigenvalue weighted by molar-refractivity contribution is 0.111. The Bertz CT molecular complexity index is 825. The molecule has 9 heteroatoms. The monoisotopic (exact) mass is 444 g/mol. The molecule has 0 fully saturated rings. The summed E-state index contributed by atoms with van der Waals surface area (Å²) in [6.45, 7) is 1.11. The van der Waals surface area contributed by atoms with E-state index in [4.69, 9.17) is 42.1 Å². The normalized spacial score (nSPS) is 9.83. The molecule has 0 spiro atoms. The summed E-state index contributed by atoms with van der Waals surface area (Å²) in [5, 5.41) is 9.82. The summed E-state index contributed by atoms with van der Waals surface area (Å²) in [5.74, 6) is 1.18. The summed E-state index contributed by atoms with van der Waals surface area (Å²) >= 11 is 11.5. The van der Waals surface area contributed by atoms with Crippen LogP contribution in [-0.2, 0) is 4.74 Å². The van der Waals surface area contributed by atoms with Gasteiger partial charge in [0.05, 0.1) is 30.9 Å². The van der Waals surface area contributed by atoms with E-state index in [9.17, 15) is 14.7 Å². The number of halogens is 2. The number of ether oxygens (including phenoxy) is 4. The SMILES string of the molecule is COCCCOc1cc(C=O)c(Cl)cc1OC.COc1cc(Cl)c(C=O)cc1O. The summed E-state index contributed by atoms with van der Waals surface area (Å²) in [4.78, 5) is 21.1. The van der Waals surface area contributed by atoms with Gasteiger partial charge in [-0.1, -0.05) is 23.2 Å². The van der Waals surface area contributed by atoms with E-state index in [0.29, 0.717) is 47.9 Å². The first-order chi connectivity index (χ1) is 13.9. The van der Waals surface area contributed by atoms with Crippen molar-refractivity contribution in [3.8, 4) is 23.0 Å². The fourth-order valence-corrected chi connectivity index (χ4v) is 2.51. The van der Waals surface area contributed by atoms with Crippen LogP contribution in [0.2, 0.25) is 10.0 Å². The largest absolute Gasteiger partial charge is 0.504 e. The number of aldehydes is 2. The van der Waals surface area contributed by atoms with Crippen LogP contribution < -0.4 is 14.2 Å². The second-order valence-electron chi connectivity index (χ2n) is 5.50. The van der Waals surface area contributed by atoms with Gasteiger partial charge in [0.2, 0.25) is 0 Å². The Balaban J connectivity index is 0.000000308. The van der Waals surface area contributed by atoms with Crippen molar-refractivity contribution in [3.05, 3.63) is 45.4 Å². The van der Waals surface area contributed by atoms with Crippen LogP contribution >= 0.6 is 23.2 Å². The van der Waals surface area contributed by atoms with Gasteiger partial charge in [0, 0.05) is 43.4 Å². The van der Waals surface area contributed by atoms with E-state index in [1.165, 1.54) is 26.4 Å². The Morgan fingerprint density at radius 1 is 0.828 bits per heavy atom. The molecule has 0 aliphatic heterocycles. The number of carbonyl (C=O) groups is 2. The molecule has 0 unspecified atom stereocenters. The number of phenols is 1. The number of hydrogen-bond donors (Lipinski definition) is 1. The first-order valence-electron chi connectivity index (χ1n) is 8.37. The molecule has 158 valence electrons. The molecule has 0 saturated heterocycles.